The number of benzene rings is 1. The molecular weight excluding hydrogens is 302 g/mol. The number of nitrogens with zero attached hydrogens (tertiary/aromatic N) is 2. The van der Waals surface area contributed by atoms with Crippen molar-refractivity contribution in [3.63, 3.8) is 0 Å². The maximum absolute atomic E-state index is 12.3. The van der Waals surface area contributed by atoms with Crippen molar-refractivity contribution >= 4 is 11.8 Å². The molecule has 5 heteroatoms. The van der Waals surface area contributed by atoms with E-state index < -0.39 is 0 Å². The Balaban J connectivity index is 1.36. The molecule has 1 aromatic rings. The van der Waals surface area contributed by atoms with Crippen LogP contribution in [0.2, 0.25) is 0 Å². The standard InChI is InChI=1S/C19H27N3O2/c1-15-2-4-16(5-3-15)6-9-19(24)22-12-10-21(11-13-22)14-18(23)20-17-7-8-17/h2-5,17H,6-14H2,1H3,(H,20,23). The van der Waals surface area contributed by atoms with E-state index in [1.54, 1.807) is 0 Å². The van der Waals surface area contributed by atoms with Crippen molar-refractivity contribution in [1.82, 2.24) is 15.1 Å². The van der Waals surface area contributed by atoms with Crippen molar-refractivity contribution in [1.29, 1.82) is 0 Å². The van der Waals surface area contributed by atoms with Gasteiger partial charge in [-0.05, 0) is 31.7 Å². The molecule has 2 fully saturated rings. The van der Waals surface area contributed by atoms with Crippen LogP contribution in [0.5, 0.6) is 0 Å². The number of rotatable bonds is 6. The van der Waals surface area contributed by atoms with Gasteiger partial charge in [-0.25, -0.2) is 0 Å². The molecule has 130 valence electrons. The largest absolute Gasteiger partial charge is 0.352 e. The second-order valence-electron chi connectivity index (χ2n) is 6.98. The molecule has 2 amide bonds. The first-order valence-corrected chi connectivity index (χ1v) is 8.95. The van der Waals surface area contributed by atoms with E-state index in [1.165, 1.54) is 11.1 Å². The van der Waals surface area contributed by atoms with Crippen LogP contribution in [0.1, 0.15) is 30.4 Å². The zero-order valence-corrected chi connectivity index (χ0v) is 14.5. The lowest BCUT2D eigenvalue weighted by atomic mass is 10.1. The third-order valence-corrected chi connectivity index (χ3v) is 4.78. The summed E-state index contributed by atoms with van der Waals surface area (Å²) in [5.41, 5.74) is 2.45. The highest BCUT2D eigenvalue weighted by molar-refractivity contribution is 5.79. The monoisotopic (exact) mass is 329 g/mol. The zero-order chi connectivity index (χ0) is 16.9. The van der Waals surface area contributed by atoms with E-state index in [-0.39, 0.29) is 11.8 Å². The minimum absolute atomic E-state index is 0.122. The van der Waals surface area contributed by atoms with Crippen LogP contribution in [0.4, 0.5) is 0 Å². The molecule has 1 aliphatic carbocycles. The summed E-state index contributed by atoms with van der Waals surface area (Å²) in [6, 6.07) is 8.79. The summed E-state index contributed by atoms with van der Waals surface area (Å²) < 4.78 is 0. The third kappa shape index (κ3) is 5.06. The molecule has 1 aromatic carbocycles. The molecule has 0 aromatic heterocycles. The number of carbonyl (C=O) groups is 2. The highest BCUT2D eigenvalue weighted by atomic mass is 16.2. The van der Waals surface area contributed by atoms with Gasteiger partial charge in [-0.3, -0.25) is 14.5 Å². The Morgan fingerprint density at radius 1 is 1.08 bits per heavy atom. The molecule has 0 radical (unpaired) electrons. The fourth-order valence-electron chi connectivity index (χ4n) is 3.02. The SMILES string of the molecule is Cc1ccc(CCC(=O)N2CCN(CC(=O)NC3CC3)CC2)cc1. The highest BCUT2D eigenvalue weighted by Gasteiger charge is 2.26. The van der Waals surface area contributed by atoms with Crippen LogP contribution in [0.3, 0.4) is 0 Å². The van der Waals surface area contributed by atoms with Crippen LogP contribution in [0, 0.1) is 6.92 Å². The Labute approximate surface area is 144 Å². The fourth-order valence-corrected chi connectivity index (χ4v) is 3.02. The van der Waals surface area contributed by atoms with Gasteiger partial charge in [0.2, 0.25) is 11.8 Å². The molecule has 1 saturated heterocycles. The molecule has 1 saturated carbocycles. The highest BCUT2D eigenvalue weighted by Crippen LogP contribution is 2.18. The van der Waals surface area contributed by atoms with Gasteiger partial charge in [0, 0.05) is 38.6 Å². The minimum Gasteiger partial charge on any atom is -0.352 e. The van der Waals surface area contributed by atoms with Gasteiger partial charge in [-0.15, -0.1) is 0 Å². The van der Waals surface area contributed by atoms with E-state index in [4.69, 9.17) is 0 Å². The Kier molecular flexibility index (Phi) is 5.51. The number of carbonyl (C=O) groups excluding carboxylic acids is 2. The molecule has 3 rings (SSSR count). The van der Waals surface area contributed by atoms with Gasteiger partial charge >= 0.3 is 0 Å². The molecule has 0 spiro atoms. The number of hydrogen-bond acceptors (Lipinski definition) is 3. The summed E-state index contributed by atoms with van der Waals surface area (Å²) in [6.45, 7) is 5.55. The van der Waals surface area contributed by atoms with Gasteiger partial charge in [0.15, 0.2) is 0 Å². The van der Waals surface area contributed by atoms with E-state index in [2.05, 4.69) is 41.4 Å². The predicted molar refractivity (Wildman–Crippen MR) is 93.7 cm³/mol. The van der Waals surface area contributed by atoms with Crippen molar-refractivity contribution in [3.05, 3.63) is 35.4 Å². The molecule has 0 bridgehead atoms. The van der Waals surface area contributed by atoms with Gasteiger partial charge in [0.1, 0.15) is 0 Å². The summed E-state index contributed by atoms with van der Waals surface area (Å²) in [6.07, 6.45) is 3.60. The molecule has 1 N–H and O–H groups in total. The first-order valence-electron chi connectivity index (χ1n) is 8.95. The second kappa shape index (κ2) is 7.79. The van der Waals surface area contributed by atoms with Gasteiger partial charge in [0.05, 0.1) is 6.54 Å². The number of aryl methyl sites for hydroxylation is 2. The molecule has 24 heavy (non-hydrogen) atoms. The maximum Gasteiger partial charge on any atom is 0.234 e. The van der Waals surface area contributed by atoms with Crippen molar-refractivity contribution in [2.24, 2.45) is 0 Å². The normalized spacial score (nSPS) is 18.5. The van der Waals surface area contributed by atoms with Gasteiger partial charge < -0.3 is 10.2 Å². The fraction of sp³-hybridized carbons (Fsp3) is 0.579. The van der Waals surface area contributed by atoms with Gasteiger partial charge in [0.25, 0.3) is 0 Å². The summed E-state index contributed by atoms with van der Waals surface area (Å²) in [4.78, 5) is 28.3. The van der Waals surface area contributed by atoms with Crippen molar-refractivity contribution in [2.45, 2.75) is 38.6 Å². The Hall–Kier alpha value is -1.88. The molecule has 1 heterocycles. The van der Waals surface area contributed by atoms with E-state index in [0.29, 0.717) is 19.0 Å². The number of amides is 2. The Bertz CT molecular complexity index is 573. The van der Waals surface area contributed by atoms with Crippen LogP contribution < -0.4 is 5.32 Å². The summed E-state index contributed by atoms with van der Waals surface area (Å²) in [7, 11) is 0. The van der Waals surface area contributed by atoms with E-state index in [9.17, 15) is 9.59 Å². The smallest absolute Gasteiger partial charge is 0.234 e. The van der Waals surface area contributed by atoms with E-state index >= 15 is 0 Å². The minimum atomic E-state index is 0.122. The Morgan fingerprint density at radius 2 is 1.75 bits per heavy atom. The summed E-state index contributed by atoms with van der Waals surface area (Å²) in [5, 5.41) is 3.02. The average Bonchev–Trinajstić information content (AvgIpc) is 3.38. The molecule has 2 aliphatic rings. The van der Waals surface area contributed by atoms with E-state index in [1.807, 2.05) is 4.90 Å². The number of piperazine rings is 1. The predicted octanol–water partition coefficient (Wildman–Crippen LogP) is 1.35. The van der Waals surface area contributed by atoms with Crippen LogP contribution in [0.25, 0.3) is 0 Å². The number of nitrogens with one attached hydrogen (secondary N) is 1. The van der Waals surface area contributed by atoms with Crippen molar-refractivity contribution in [3.8, 4) is 0 Å². The van der Waals surface area contributed by atoms with E-state index in [0.717, 1.165) is 45.4 Å². The molecule has 0 atom stereocenters. The summed E-state index contributed by atoms with van der Waals surface area (Å²) in [5.74, 6) is 0.342. The van der Waals surface area contributed by atoms with Crippen LogP contribution >= 0.6 is 0 Å². The lowest BCUT2D eigenvalue weighted by Gasteiger charge is -2.34. The quantitative estimate of drug-likeness (QED) is 0.857. The molecule has 0 unspecified atom stereocenters. The number of hydrogen-bond donors (Lipinski definition) is 1. The molecule has 5 nitrogen and oxygen atoms in total. The molecular formula is C19H27N3O2. The van der Waals surface area contributed by atoms with Crippen molar-refractivity contribution < 1.29 is 9.59 Å². The van der Waals surface area contributed by atoms with Gasteiger partial charge in [-0.2, -0.15) is 0 Å². The van der Waals surface area contributed by atoms with Crippen molar-refractivity contribution in [2.75, 3.05) is 32.7 Å². The van der Waals surface area contributed by atoms with Crippen LogP contribution in [-0.2, 0) is 16.0 Å². The maximum atomic E-state index is 12.3. The first kappa shape index (κ1) is 17.0. The van der Waals surface area contributed by atoms with Crippen LogP contribution in [0.15, 0.2) is 24.3 Å². The van der Waals surface area contributed by atoms with Gasteiger partial charge in [-0.1, -0.05) is 29.8 Å². The zero-order valence-electron chi connectivity index (χ0n) is 14.5. The lowest BCUT2D eigenvalue weighted by Crippen LogP contribution is -2.51. The molecule has 1 aliphatic heterocycles. The second-order valence-corrected chi connectivity index (χ2v) is 6.98. The third-order valence-electron chi connectivity index (χ3n) is 4.78. The Morgan fingerprint density at radius 3 is 2.38 bits per heavy atom. The summed E-state index contributed by atoms with van der Waals surface area (Å²) >= 11 is 0. The topological polar surface area (TPSA) is 52.7 Å². The first-order chi connectivity index (χ1) is 11.6. The van der Waals surface area contributed by atoms with Crippen LogP contribution in [-0.4, -0.2) is 60.4 Å². The lowest BCUT2D eigenvalue weighted by molar-refractivity contribution is -0.133. The average molecular weight is 329 g/mol.